The third-order valence-corrected chi connectivity index (χ3v) is 10.0. The molecule has 2 aromatic heterocycles. The Morgan fingerprint density at radius 1 is 0.360 bits per heavy atom. The Balaban J connectivity index is 1.19. The minimum atomic E-state index is -0.464. The Morgan fingerprint density at radius 3 is 1.60 bits per heavy atom. The van der Waals surface area contributed by atoms with Crippen LogP contribution in [0.5, 0.6) is 0 Å². The monoisotopic (exact) mass is 639 g/mol. The fraction of sp³-hybridized carbons (Fsp3) is 0.0217. The van der Waals surface area contributed by atoms with Gasteiger partial charge >= 0.3 is 0 Å². The van der Waals surface area contributed by atoms with Gasteiger partial charge in [0.2, 0.25) is 0 Å². The molecule has 0 unspecified atom stereocenters. The van der Waals surface area contributed by atoms with E-state index >= 15 is 0 Å². The maximum Gasteiger partial charge on any atom is 0.164 e. The van der Waals surface area contributed by atoms with Crippen LogP contribution in [-0.2, 0) is 5.41 Å². The van der Waals surface area contributed by atoms with Crippen molar-refractivity contribution in [3.05, 3.63) is 198 Å². The number of hydrogen-bond acceptors (Lipinski definition) is 4. The summed E-state index contributed by atoms with van der Waals surface area (Å²) in [6.07, 6.45) is 0. The van der Waals surface area contributed by atoms with Gasteiger partial charge in [0, 0.05) is 27.5 Å². The van der Waals surface area contributed by atoms with Crippen LogP contribution in [0.3, 0.4) is 0 Å². The van der Waals surface area contributed by atoms with Crippen molar-refractivity contribution in [3.8, 4) is 45.3 Å². The van der Waals surface area contributed by atoms with Gasteiger partial charge in [-0.15, -0.1) is 0 Å². The van der Waals surface area contributed by atoms with Gasteiger partial charge in [-0.05, 0) is 57.6 Å². The van der Waals surface area contributed by atoms with Crippen LogP contribution in [0.2, 0.25) is 0 Å². The van der Waals surface area contributed by atoms with Crippen LogP contribution in [-0.4, -0.2) is 15.0 Å². The van der Waals surface area contributed by atoms with Crippen molar-refractivity contribution in [2.24, 2.45) is 0 Å². The fourth-order valence-electron chi connectivity index (χ4n) is 7.80. The molecule has 0 saturated heterocycles. The third kappa shape index (κ3) is 4.28. The largest absolute Gasteiger partial charge is 0.456 e. The molecule has 0 radical (unpaired) electrons. The molecule has 0 fully saturated rings. The van der Waals surface area contributed by atoms with Crippen molar-refractivity contribution < 1.29 is 4.42 Å². The molecule has 0 bridgehead atoms. The van der Waals surface area contributed by atoms with Crippen LogP contribution in [0.25, 0.3) is 67.2 Å². The highest BCUT2D eigenvalue weighted by atomic mass is 16.3. The lowest BCUT2D eigenvalue weighted by molar-refractivity contribution is 0.669. The van der Waals surface area contributed by atoms with Crippen LogP contribution in [0, 0.1) is 0 Å². The topological polar surface area (TPSA) is 51.8 Å². The number of furan rings is 1. The predicted molar refractivity (Wildman–Crippen MR) is 201 cm³/mol. The molecule has 2 heterocycles. The highest BCUT2D eigenvalue weighted by Gasteiger charge is 2.46. The van der Waals surface area contributed by atoms with E-state index in [1.54, 1.807) is 0 Å². The summed E-state index contributed by atoms with van der Waals surface area (Å²) in [5, 5.41) is 2.16. The summed E-state index contributed by atoms with van der Waals surface area (Å²) in [7, 11) is 0. The summed E-state index contributed by atoms with van der Waals surface area (Å²) in [4.78, 5) is 15.2. The molecule has 0 aliphatic heterocycles. The summed E-state index contributed by atoms with van der Waals surface area (Å²) in [5.41, 5.74) is 11.3. The zero-order valence-electron chi connectivity index (χ0n) is 27.0. The Labute approximate surface area is 289 Å². The van der Waals surface area contributed by atoms with Crippen molar-refractivity contribution in [2.45, 2.75) is 5.41 Å². The summed E-state index contributed by atoms with van der Waals surface area (Å²) in [6.45, 7) is 0. The Hall–Kier alpha value is -6.65. The zero-order chi connectivity index (χ0) is 33.1. The number of para-hydroxylation sites is 1. The Kier molecular flexibility index (Phi) is 6.36. The van der Waals surface area contributed by atoms with E-state index in [4.69, 9.17) is 19.4 Å². The SMILES string of the molecule is c1ccc(-c2nc(-c3ccc4c(c3)-c3ccccc3C4(c3ccccc3)c3ccccc3)nc(-c3ccc4c(c3)oc3ccccc34)n2)cc1. The van der Waals surface area contributed by atoms with Gasteiger partial charge < -0.3 is 4.42 Å². The molecule has 10 rings (SSSR count). The predicted octanol–water partition coefficient (Wildman–Crippen LogP) is 11.1. The smallest absolute Gasteiger partial charge is 0.164 e. The van der Waals surface area contributed by atoms with E-state index in [-0.39, 0.29) is 0 Å². The average molecular weight is 640 g/mol. The second-order valence-electron chi connectivity index (χ2n) is 12.8. The zero-order valence-corrected chi connectivity index (χ0v) is 27.0. The van der Waals surface area contributed by atoms with E-state index < -0.39 is 5.41 Å². The fourth-order valence-corrected chi connectivity index (χ4v) is 7.80. The number of nitrogens with zero attached hydrogens (tertiary/aromatic N) is 3. The standard InChI is InChI=1S/C46H29N3O/c1-4-14-30(15-5-1)43-47-44(49-45(48-43)32-24-26-37-36-21-11-13-23-41(36)50-42(37)29-32)31-25-27-40-38(28-31)35-20-10-12-22-39(35)46(40,33-16-6-2-7-17-33)34-18-8-3-9-19-34/h1-29H. The van der Waals surface area contributed by atoms with Gasteiger partial charge in [0.15, 0.2) is 17.5 Å². The number of aromatic nitrogens is 3. The van der Waals surface area contributed by atoms with Crippen molar-refractivity contribution in [1.82, 2.24) is 15.0 Å². The van der Waals surface area contributed by atoms with E-state index in [0.29, 0.717) is 17.5 Å². The highest BCUT2D eigenvalue weighted by molar-refractivity contribution is 6.05. The van der Waals surface area contributed by atoms with Crippen LogP contribution in [0.4, 0.5) is 0 Å². The van der Waals surface area contributed by atoms with E-state index in [9.17, 15) is 0 Å². The number of fused-ring (bicyclic) bond motifs is 6. The lowest BCUT2D eigenvalue weighted by Crippen LogP contribution is -2.28. The molecule has 7 aromatic carbocycles. The molecule has 1 aliphatic rings. The van der Waals surface area contributed by atoms with Crippen LogP contribution in [0.15, 0.2) is 180 Å². The minimum absolute atomic E-state index is 0.464. The average Bonchev–Trinajstić information content (AvgIpc) is 3.72. The highest BCUT2D eigenvalue weighted by Crippen LogP contribution is 2.56. The Morgan fingerprint density at radius 2 is 0.880 bits per heavy atom. The van der Waals surface area contributed by atoms with Crippen molar-refractivity contribution in [1.29, 1.82) is 0 Å². The summed E-state index contributed by atoms with van der Waals surface area (Å²) < 4.78 is 6.25. The summed E-state index contributed by atoms with van der Waals surface area (Å²) >= 11 is 0. The third-order valence-electron chi connectivity index (χ3n) is 10.0. The molecular weight excluding hydrogens is 611 g/mol. The second kappa shape index (κ2) is 11.2. The van der Waals surface area contributed by atoms with Crippen LogP contribution < -0.4 is 0 Å². The van der Waals surface area contributed by atoms with Crippen LogP contribution in [0.1, 0.15) is 22.3 Å². The summed E-state index contributed by atoms with van der Waals surface area (Å²) in [6, 6.07) is 61.6. The molecule has 4 nitrogen and oxygen atoms in total. The van der Waals surface area contributed by atoms with Crippen molar-refractivity contribution in [2.75, 3.05) is 0 Å². The maximum atomic E-state index is 6.25. The molecule has 234 valence electrons. The number of benzene rings is 7. The van der Waals surface area contributed by atoms with Gasteiger partial charge in [0.05, 0.1) is 5.41 Å². The molecule has 9 aromatic rings. The maximum absolute atomic E-state index is 6.25. The molecule has 1 aliphatic carbocycles. The van der Waals surface area contributed by atoms with Crippen LogP contribution >= 0.6 is 0 Å². The van der Waals surface area contributed by atoms with Crippen molar-refractivity contribution >= 4 is 21.9 Å². The minimum Gasteiger partial charge on any atom is -0.456 e. The van der Waals surface area contributed by atoms with Gasteiger partial charge in [-0.1, -0.05) is 152 Å². The molecule has 0 atom stereocenters. The first kappa shape index (κ1) is 28.4. The second-order valence-corrected chi connectivity index (χ2v) is 12.8. The van der Waals surface area contributed by atoms with Gasteiger partial charge in [0.1, 0.15) is 11.2 Å². The van der Waals surface area contributed by atoms with Gasteiger partial charge in [-0.3, -0.25) is 0 Å². The van der Waals surface area contributed by atoms with E-state index in [0.717, 1.165) is 38.6 Å². The quantitative estimate of drug-likeness (QED) is 0.188. The Bertz CT molecular complexity index is 2660. The van der Waals surface area contributed by atoms with E-state index in [1.807, 2.05) is 54.6 Å². The van der Waals surface area contributed by atoms with E-state index in [1.165, 1.54) is 33.4 Å². The van der Waals surface area contributed by atoms with E-state index in [2.05, 4.69) is 121 Å². The first-order valence-corrected chi connectivity index (χ1v) is 16.9. The number of hydrogen-bond donors (Lipinski definition) is 0. The lowest BCUT2D eigenvalue weighted by Gasteiger charge is -2.33. The number of rotatable bonds is 5. The molecule has 0 saturated carbocycles. The normalized spacial score (nSPS) is 13.0. The van der Waals surface area contributed by atoms with Crippen molar-refractivity contribution in [3.63, 3.8) is 0 Å². The molecular formula is C46H29N3O. The molecule has 0 spiro atoms. The molecule has 4 heteroatoms. The molecule has 0 amide bonds. The summed E-state index contributed by atoms with van der Waals surface area (Å²) in [5.74, 6) is 1.84. The van der Waals surface area contributed by atoms with Gasteiger partial charge in [0.25, 0.3) is 0 Å². The first-order valence-electron chi connectivity index (χ1n) is 16.9. The molecule has 0 N–H and O–H groups in total. The molecule has 50 heavy (non-hydrogen) atoms. The van der Waals surface area contributed by atoms with Gasteiger partial charge in [-0.2, -0.15) is 0 Å². The first-order chi connectivity index (χ1) is 24.8. The lowest BCUT2D eigenvalue weighted by atomic mass is 9.67. The van der Waals surface area contributed by atoms with Gasteiger partial charge in [-0.25, -0.2) is 15.0 Å².